The zero-order valence-corrected chi connectivity index (χ0v) is 17.8. The van der Waals surface area contributed by atoms with Gasteiger partial charge in [0.2, 0.25) is 5.91 Å². The number of amides is 1. The Morgan fingerprint density at radius 2 is 1.81 bits per heavy atom. The minimum Gasteiger partial charge on any atom is -0.496 e. The summed E-state index contributed by atoms with van der Waals surface area (Å²) in [6, 6.07) is 23.9. The summed E-state index contributed by atoms with van der Waals surface area (Å²) in [6.07, 6.45) is 1.63. The van der Waals surface area contributed by atoms with Gasteiger partial charge in [-0.1, -0.05) is 54.2 Å². The smallest absolute Gasteiger partial charge is 0.236 e. The highest BCUT2D eigenvalue weighted by Crippen LogP contribution is 2.25. The number of amidine groups is 1. The van der Waals surface area contributed by atoms with Gasteiger partial charge in [-0.15, -0.1) is 5.10 Å². The van der Waals surface area contributed by atoms with Gasteiger partial charge in [0.25, 0.3) is 0 Å². The van der Waals surface area contributed by atoms with Crippen molar-refractivity contribution in [1.29, 1.82) is 0 Å². The molecule has 0 unspecified atom stereocenters. The summed E-state index contributed by atoms with van der Waals surface area (Å²) in [5.41, 5.74) is 4.07. The van der Waals surface area contributed by atoms with Crippen molar-refractivity contribution in [3.8, 4) is 22.6 Å². The van der Waals surface area contributed by atoms with Crippen molar-refractivity contribution >= 4 is 29.1 Å². The van der Waals surface area contributed by atoms with Crippen LogP contribution in [0.2, 0.25) is 0 Å². The topological polar surface area (TPSA) is 72.3 Å². The summed E-state index contributed by atoms with van der Waals surface area (Å²) in [7, 11) is 1.63. The molecule has 4 rings (SSSR count). The first-order valence-electron chi connectivity index (χ1n) is 9.70. The molecule has 0 aromatic heterocycles. The number of carbonyl (C=O) groups excluding carboxylic acids is 1. The summed E-state index contributed by atoms with van der Waals surface area (Å²) in [4.78, 5) is 11.2. The molecule has 0 spiro atoms. The van der Waals surface area contributed by atoms with Crippen LogP contribution in [0.4, 0.5) is 0 Å². The summed E-state index contributed by atoms with van der Waals surface area (Å²) < 4.78 is 11.4. The number of nitrogens with zero attached hydrogens (tertiary/aromatic N) is 2. The molecule has 3 aromatic carbocycles. The summed E-state index contributed by atoms with van der Waals surface area (Å²) in [5.74, 6) is 1.84. The number of thioether (sulfide) groups is 1. The van der Waals surface area contributed by atoms with E-state index in [1.165, 1.54) is 17.3 Å². The van der Waals surface area contributed by atoms with Crippen LogP contribution >= 0.6 is 11.8 Å². The molecule has 1 aliphatic heterocycles. The van der Waals surface area contributed by atoms with E-state index in [-0.39, 0.29) is 5.91 Å². The Morgan fingerprint density at radius 3 is 2.52 bits per heavy atom. The maximum absolute atomic E-state index is 11.2. The van der Waals surface area contributed by atoms with Crippen molar-refractivity contribution in [3.05, 3.63) is 83.9 Å². The lowest BCUT2D eigenvalue weighted by Gasteiger charge is -2.11. The Kier molecular flexibility index (Phi) is 6.64. The van der Waals surface area contributed by atoms with Gasteiger partial charge in [-0.2, -0.15) is 5.10 Å². The molecule has 0 atom stereocenters. The molecule has 31 heavy (non-hydrogen) atoms. The van der Waals surface area contributed by atoms with E-state index in [2.05, 4.69) is 27.7 Å². The third-order valence-corrected chi connectivity index (χ3v) is 5.47. The monoisotopic (exact) mass is 431 g/mol. The van der Waals surface area contributed by atoms with Gasteiger partial charge in [0.1, 0.15) is 18.1 Å². The SMILES string of the molecule is COc1ccc(C=NN=C2NC(=O)CS2)cc1COc1ccc(-c2ccccc2)cc1. The molecular weight excluding hydrogens is 410 g/mol. The molecule has 1 heterocycles. The van der Waals surface area contributed by atoms with E-state index >= 15 is 0 Å². The van der Waals surface area contributed by atoms with Crippen LogP contribution in [0.15, 0.2) is 83.0 Å². The fourth-order valence-corrected chi connectivity index (χ4v) is 3.68. The molecular formula is C24H21N3O3S. The Morgan fingerprint density at radius 1 is 1.03 bits per heavy atom. The normalized spacial score (nSPS) is 14.7. The molecule has 1 amide bonds. The van der Waals surface area contributed by atoms with E-state index in [4.69, 9.17) is 9.47 Å². The van der Waals surface area contributed by atoms with Crippen LogP contribution in [0.5, 0.6) is 11.5 Å². The highest BCUT2D eigenvalue weighted by atomic mass is 32.2. The number of benzene rings is 3. The first-order chi connectivity index (χ1) is 15.2. The number of rotatable bonds is 7. The van der Waals surface area contributed by atoms with Gasteiger partial charge in [0.15, 0.2) is 5.17 Å². The Labute approximate surface area is 185 Å². The molecule has 7 heteroatoms. The third-order valence-electron chi connectivity index (χ3n) is 4.60. The van der Waals surface area contributed by atoms with Crippen molar-refractivity contribution in [2.75, 3.05) is 12.9 Å². The van der Waals surface area contributed by atoms with E-state index in [0.29, 0.717) is 17.5 Å². The molecule has 1 N–H and O–H groups in total. The van der Waals surface area contributed by atoms with Gasteiger partial charge in [-0.3, -0.25) is 4.79 Å². The molecule has 3 aromatic rings. The van der Waals surface area contributed by atoms with Gasteiger partial charge in [0.05, 0.1) is 19.1 Å². The molecule has 0 bridgehead atoms. The lowest BCUT2D eigenvalue weighted by Crippen LogP contribution is -2.19. The van der Waals surface area contributed by atoms with E-state index in [1.54, 1.807) is 13.3 Å². The third kappa shape index (κ3) is 5.52. The minimum atomic E-state index is -0.0559. The standard InChI is InChI=1S/C24H21N3O3S/c1-29-22-12-7-17(14-25-27-24-26-23(28)16-31-24)13-20(22)15-30-21-10-8-19(9-11-21)18-5-3-2-4-6-18/h2-14H,15-16H2,1H3,(H,26,27,28). The second-order valence-corrected chi connectivity index (χ2v) is 7.70. The molecule has 0 saturated carbocycles. The zero-order valence-electron chi connectivity index (χ0n) is 16.9. The Hall–Kier alpha value is -3.58. The highest BCUT2D eigenvalue weighted by molar-refractivity contribution is 8.15. The van der Waals surface area contributed by atoms with Gasteiger partial charge in [-0.05, 0) is 47.0 Å². The number of carbonyl (C=O) groups is 1. The Bertz CT molecular complexity index is 1110. The summed E-state index contributed by atoms with van der Waals surface area (Å²) in [6.45, 7) is 0.357. The van der Waals surface area contributed by atoms with Crippen LogP contribution in [0, 0.1) is 0 Å². The maximum atomic E-state index is 11.2. The van der Waals surface area contributed by atoms with E-state index < -0.39 is 0 Å². The zero-order chi connectivity index (χ0) is 21.5. The van der Waals surface area contributed by atoms with Crippen LogP contribution in [0.25, 0.3) is 11.1 Å². The largest absolute Gasteiger partial charge is 0.496 e. The molecule has 0 radical (unpaired) electrons. The predicted octanol–water partition coefficient (Wildman–Crippen LogP) is 4.49. The van der Waals surface area contributed by atoms with Crippen molar-refractivity contribution in [1.82, 2.24) is 5.32 Å². The second kappa shape index (κ2) is 9.95. The second-order valence-electron chi connectivity index (χ2n) is 6.74. The van der Waals surface area contributed by atoms with E-state index in [1.807, 2.05) is 60.7 Å². The van der Waals surface area contributed by atoms with Gasteiger partial charge >= 0.3 is 0 Å². The highest BCUT2D eigenvalue weighted by Gasteiger charge is 2.16. The molecule has 1 fully saturated rings. The lowest BCUT2D eigenvalue weighted by molar-refractivity contribution is -0.116. The van der Waals surface area contributed by atoms with Crippen molar-refractivity contribution in [3.63, 3.8) is 0 Å². The molecule has 1 saturated heterocycles. The number of hydrogen-bond donors (Lipinski definition) is 1. The average Bonchev–Trinajstić information content (AvgIpc) is 3.23. The summed E-state index contributed by atoms with van der Waals surface area (Å²) >= 11 is 1.34. The fourth-order valence-electron chi connectivity index (χ4n) is 3.05. The fraction of sp³-hybridized carbons (Fsp3) is 0.125. The first-order valence-corrected chi connectivity index (χ1v) is 10.7. The maximum Gasteiger partial charge on any atom is 0.236 e. The van der Waals surface area contributed by atoms with Crippen LogP contribution in [-0.4, -0.2) is 30.2 Å². The van der Waals surface area contributed by atoms with Gasteiger partial charge in [-0.25, -0.2) is 0 Å². The van der Waals surface area contributed by atoms with E-state index in [0.717, 1.165) is 28.2 Å². The number of methoxy groups -OCH3 is 1. The van der Waals surface area contributed by atoms with Gasteiger partial charge < -0.3 is 14.8 Å². The van der Waals surface area contributed by atoms with Crippen LogP contribution in [0.1, 0.15) is 11.1 Å². The van der Waals surface area contributed by atoms with Crippen LogP contribution in [0.3, 0.4) is 0 Å². The summed E-state index contributed by atoms with van der Waals surface area (Å²) in [5, 5.41) is 11.2. The van der Waals surface area contributed by atoms with Crippen molar-refractivity contribution in [2.24, 2.45) is 10.2 Å². The number of ether oxygens (including phenoxy) is 2. The first kappa shape index (κ1) is 20.7. The predicted molar refractivity (Wildman–Crippen MR) is 125 cm³/mol. The minimum absolute atomic E-state index is 0.0559. The lowest BCUT2D eigenvalue weighted by atomic mass is 10.1. The number of nitrogens with one attached hydrogen (secondary N) is 1. The molecule has 6 nitrogen and oxygen atoms in total. The molecule has 156 valence electrons. The molecule has 0 aliphatic carbocycles. The van der Waals surface area contributed by atoms with Gasteiger partial charge in [0, 0.05) is 5.56 Å². The van der Waals surface area contributed by atoms with Crippen molar-refractivity contribution in [2.45, 2.75) is 6.61 Å². The van der Waals surface area contributed by atoms with Crippen molar-refractivity contribution < 1.29 is 14.3 Å². The average molecular weight is 432 g/mol. The quantitative estimate of drug-likeness (QED) is 0.442. The van der Waals surface area contributed by atoms with Crippen LogP contribution < -0.4 is 14.8 Å². The van der Waals surface area contributed by atoms with E-state index in [9.17, 15) is 4.79 Å². The molecule has 1 aliphatic rings. The Balaban J connectivity index is 1.42. The number of hydrogen-bond acceptors (Lipinski definition) is 6. The van der Waals surface area contributed by atoms with Crippen LogP contribution in [-0.2, 0) is 11.4 Å².